The molecule has 1 atom stereocenters. The van der Waals surface area contributed by atoms with Gasteiger partial charge in [0, 0.05) is 18.7 Å². The van der Waals surface area contributed by atoms with Crippen LogP contribution < -0.4 is 16.0 Å². The van der Waals surface area contributed by atoms with Gasteiger partial charge in [-0.3, -0.25) is 4.79 Å². The van der Waals surface area contributed by atoms with Crippen molar-refractivity contribution in [2.45, 2.75) is 31.5 Å². The molecule has 2 rings (SSSR count). The zero-order chi connectivity index (χ0) is 22.9. The number of anilines is 1. The van der Waals surface area contributed by atoms with Crippen LogP contribution in [0.5, 0.6) is 5.75 Å². The summed E-state index contributed by atoms with van der Waals surface area (Å²) in [5.74, 6) is -0.272. The zero-order valence-corrected chi connectivity index (χ0v) is 17.2. The number of rotatable bonds is 8. The van der Waals surface area contributed by atoms with E-state index in [2.05, 4.69) is 16.0 Å². The van der Waals surface area contributed by atoms with Gasteiger partial charge in [0.1, 0.15) is 11.8 Å². The molecule has 1 unspecified atom stereocenters. The van der Waals surface area contributed by atoms with Gasteiger partial charge in [-0.2, -0.15) is 18.4 Å². The highest BCUT2D eigenvalue weighted by molar-refractivity contribution is 7.80. The Balaban J connectivity index is 2.02. The maximum atomic E-state index is 12.5. The van der Waals surface area contributed by atoms with E-state index in [1.807, 2.05) is 6.07 Å². The van der Waals surface area contributed by atoms with E-state index >= 15 is 0 Å². The maximum absolute atomic E-state index is 12.5. The van der Waals surface area contributed by atoms with Crippen molar-refractivity contribution < 1.29 is 23.1 Å². The molecule has 0 aromatic heterocycles. The SMILES string of the molecule is N#CCCNC(=O)C(Cc1ccc(O)cc1)NC(=S)Nc1ccc(CC(F)(F)F)cc1. The molecule has 1 amide bonds. The number of nitrogens with one attached hydrogen (secondary N) is 3. The Morgan fingerprint density at radius 1 is 1.10 bits per heavy atom. The number of nitriles is 1. The van der Waals surface area contributed by atoms with Gasteiger partial charge in [-0.15, -0.1) is 0 Å². The lowest BCUT2D eigenvalue weighted by atomic mass is 10.1. The molecule has 0 radical (unpaired) electrons. The van der Waals surface area contributed by atoms with Crippen molar-refractivity contribution in [1.82, 2.24) is 10.6 Å². The highest BCUT2D eigenvalue weighted by atomic mass is 32.1. The summed E-state index contributed by atoms with van der Waals surface area (Å²) < 4.78 is 37.4. The van der Waals surface area contributed by atoms with Crippen LogP contribution in [0.15, 0.2) is 48.5 Å². The van der Waals surface area contributed by atoms with Gasteiger partial charge in [-0.05, 0) is 47.6 Å². The quantitative estimate of drug-likeness (QED) is 0.364. The van der Waals surface area contributed by atoms with E-state index in [1.54, 1.807) is 12.1 Å². The third-order valence-corrected chi connectivity index (χ3v) is 4.37. The first-order valence-corrected chi connectivity index (χ1v) is 9.73. The monoisotopic (exact) mass is 450 g/mol. The van der Waals surface area contributed by atoms with Crippen LogP contribution in [0.1, 0.15) is 17.5 Å². The topological polar surface area (TPSA) is 97.2 Å². The van der Waals surface area contributed by atoms with E-state index < -0.39 is 18.6 Å². The zero-order valence-electron chi connectivity index (χ0n) is 16.4. The van der Waals surface area contributed by atoms with Crippen LogP contribution in [0.3, 0.4) is 0 Å². The van der Waals surface area contributed by atoms with Gasteiger partial charge in [0.2, 0.25) is 5.91 Å². The van der Waals surface area contributed by atoms with Gasteiger partial charge in [0.25, 0.3) is 0 Å². The molecule has 4 N–H and O–H groups in total. The molecule has 2 aromatic carbocycles. The van der Waals surface area contributed by atoms with Crippen molar-refractivity contribution in [3.05, 3.63) is 59.7 Å². The van der Waals surface area contributed by atoms with Crippen LogP contribution >= 0.6 is 12.2 Å². The third kappa shape index (κ3) is 8.92. The molecule has 0 bridgehead atoms. The molecule has 0 saturated heterocycles. The Kier molecular flexibility index (Phi) is 8.63. The lowest BCUT2D eigenvalue weighted by molar-refractivity contribution is -0.127. The van der Waals surface area contributed by atoms with Crippen molar-refractivity contribution >= 4 is 28.9 Å². The molecule has 2 aromatic rings. The maximum Gasteiger partial charge on any atom is 0.393 e. The molecular formula is C21H21F3N4O2S. The fourth-order valence-corrected chi connectivity index (χ4v) is 2.96. The van der Waals surface area contributed by atoms with Crippen LogP contribution in [-0.4, -0.2) is 34.9 Å². The minimum absolute atomic E-state index is 0.0953. The van der Waals surface area contributed by atoms with Gasteiger partial charge in [-0.25, -0.2) is 0 Å². The number of hydrogen-bond acceptors (Lipinski definition) is 4. The molecule has 31 heavy (non-hydrogen) atoms. The molecule has 0 aliphatic rings. The first kappa shape index (κ1) is 24.0. The Morgan fingerprint density at radius 2 is 1.71 bits per heavy atom. The number of carbonyl (C=O) groups is 1. The van der Waals surface area contributed by atoms with Crippen LogP contribution in [0.4, 0.5) is 18.9 Å². The number of phenols is 1. The lowest BCUT2D eigenvalue weighted by Gasteiger charge is -2.21. The lowest BCUT2D eigenvalue weighted by Crippen LogP contribution is -2.49. The molecule has 0 aliphatic heterocycles. The number of nitrogens with zero attached hydrogens (tertiary/aromatic N) is 1. The van der Waals surface area contributed by atoms with Gasteiger partial charge in [0.15, 0.2) is 5.11 Å². The summed E-state index contributed by atoms with van der Waals surface area (Å²) in [4.78, 5) is 12.5. The van der Waals surface area contributed by atoms with Crippen molar-refractivity contribution in [1.29, 1.82) is 5.26 Å². The van der Waals surface area contributed by atoms with E-state index in [0.717, 1.165) is 5.56 Å². The standard InChI is InChI=1S/C21H21F3N4O2S/c22-21(23,24)13-15-2-6-16(7-3-15)27-20(31)28-18(19(30)26-11-1-10-25)12-14-4-8-17(29)9-5-14/h2-9,18,29H,1,11-13H2,(H,26,30)(H2,27,28,31). The van der Waals surface area contributed by atoms with Gasteiger partial charge in [-0.1, -0.05) is 24.3 Å². The third-order valence-electron chi connectivity index (χ3n) is 4.15. The first-order valence-electron chi connectivity index (χ1n) is 9.32. The molecule has 10 heteroatoms. The van der Waals surface area contributed by atoms with Crippen molar-refractivity contribution in [2.24, 2.45) is 0 Å². The summed E-state index contributed by atoms with van der Waals surface area (Å²) in [5.41, 5.74) is 1.36. The summed E-state index contributed by atoms with van der Waals surface area (Å²) in [5, 5.41) is 26.5. The predicted octanol–water partition coefficient (Wildman–Crippen LogP) is 3.42. The van der Waals surface area contributed by atoms with Crippen molar-refractivity contribution in [3.8, 4) is 11.8 Å². The second-order valence-electron chi connectivity index (χ2n) is 6.71. The van der Waals surface area contributed by atoms with Gasteiger partial charge < -0.3 is 21.1 Å². The van der Waals surface area contributed by atoms with E-state index in [4.69, 9.17) is 17.5 Å². The number of alkyl halides is 3. The normalized spacial score (nSPS) is 11.8. The first-order chi connectivity index (χ1) is 14.7. The van der Waals surface area contributed by atoms with Gasteiger partial charge in [0.05, 0.1) is 18.9 Å². The molecule has 6 nitrogen and oxygen atoms in total. The van der Waals surface area contributed by atoms with E-state index in [1.165, 1.54) is 36.4 Å². The molecule has 0 aliphatic carbocycles. The van der Waals surface area contributed by atoms with Crippen LogP contribution in [0.2, 0.25) is 0 Å². The Bertz CT molecular complexity index is 926. The minimum atomic E-state index is -4.29. The second kappa shape index (κ2) is 11.2. The number of thiocarbonyl (C=S) groups is 1. The Labute approximate surface area is 183 Å². The van der Waals surface area contributed by atoms with Gasteiger partial charge >= 0.3 is 6.18 Å². The van der Waals surface area contributed by atoms with Crippen LogP contribution in [-0.2, 0) is 17.6 Å². The highest BCUT2D eigenvalue weighted by Gasteiger charge is 2.27. The number of benzene rings is 2. The predicted molar refractivity (Wildman–Crippen MR) is 114 cm³/mol. The molecule has 0 saturated carbocycles. The number of carbonyl (C=O) groups excluding carboxylic acids is 1. The van der Waals surface area contributed by atoms with E-state index in [9.17, 15) is 23.1 Å². The summed E-state index contributed by atoms with van der Waals surface area (Å²) >= 11 is 5.25. The fourth-order valence-electron chi connectivity index (χ4n) is 2.70. The van der Waals surface area contributed by atoms with Crippen molar-refractivity contribution in [3.63, 3.8) is 0 Å². The van der Waals surface area contributed by atoms with Crippen LogP contribution in [0.25, 0.3) is 0 Å². The minimum Gasteiger partial charge on any atom is -0.508 e. The fraction of sp³-hybridized carbons (Fsp3) is 0.286. The molecule has 0 heterocycles. The van der Waals surface area contributed by atoms with E-state index in [0.29, 0.717) is 5.69 Å². The number of phenolic OH excluding ortho intramolecular Hbond substituents is 1. The average Bonchev–Trinajstić information content (AvgIpc) is 2.69. The molecular weight excluding hydrogens is 429 g/mol. The number of amides is 1. The highest BCUT2D eigenvalue weighted by Crippen LogP contribution is 2.22. The average molecular weight is 450 g/mol. The smallest absolute Gasteiger partial charge is 0.393 e. The van der Waals surface area contributed by atoms with E-state index in [-0.39, 0.29) is 41.7 Å². The molecule has 164 valence electrons. The Hall–Kier alpha value is -3.32. The molecule has 0 fully saturated rings. The Morgan fingerprint density at radius 3 is 2.29 bits per heavy atom. The van der Waals surface area contributed by atoms with Crippen LogP contribution in [0, 0.1) is 11.3 Å². The summed E-state index contributed by atoms with van der Waals surface area (Å²) in [7, 11) is 0. The number of hydrogen-bond donors (Lipinski definition) is 4. The van der Waals surface area contributed by atoms with Crippen molar-refractivity contribution in [2.75, 3.05) is 11.9 Å². The summed E-state index contributed by atoms with van der Waals surface area (Å²) in [6, 6.07) is 13.1. The number of aromatic hydroxyl groups is 1. The number of halogens is 3. The largest absolute Gasteiger partial charge is 0.508 e. The second-order valence-corrected chi connectivity index (χ2v) is 7.12. The molecule has 0 spiro atoms. The summed E-state index contributed by atoms with van der Waals surface area (Å²) in [6.45, 7) is 0.184. The summed E-state index contributed by atoms with van der Waals surface area (Å²) in [6.07, 6.45) is -4.89.